The number of halogens is 1. The molecule has 0 radical (unpaired) electrons. The molecule has 1 aromatic heterocycles. The monoisotopic (exact) mass is 270 g/mol. The molecule has 1 saturated heterocycles. The fraction of sp³-hybridized carbons (Fsp3) is 0.545. The summed E-state index contributed by atoms with van der Waals surface area (Å²) in [4.78, 5) is 6.56. The third-order valence-electron chi connectivity index (χ3n) is 2.55. The molecular formula is C11H15BrN2O. The van der Waals surface area contributed by atoms with Crippen LogP contribution < -0.4 is 4.74 Å². The molecule has 4 heteroatoms. The fourth-order valence-corrected chi connectivity index (χ4v) is 2.06. The van der Waals surface area contributed by atoms with Crippen LogP contribution in [-0.2, 0) is 0 Å². The minimum absolute atomic E-state index is 0.698. The summed E-state index contributed by atoms with van der Waals surface area (Å²) >= 11 is 3.39. The van der Waals surface area contributed by atoms with E-state index in [0.717, 1.165) is 17.6 Å². The molecule has 1 aliphatic rings. The van der Waals surface area contributed by atoms with Crippen molar-refractivity contribution in [1.82, 2.24) is 9.88 Å². The lowest BCUT2D eigenvalue weighted by Crippen LogP contribution is -2.25. The first-order valence-corrected chi connectivity index (χ1v) is 6.10. The Balaban J connectivity index is 1.73. The molecule has 0 bridgehead atoms. The van der Waals surface area contributed by atoms with Gasteiger partial charge in [0.15, 0.2) is 0 Å². The van der Waals surface area contributed by atoms with Gasteiger partial charge in [-0.2, -0.15) is 0 Å². The molecule has 0 unspecified atom stereocenters. The van der Waals surface area contributed by atoms with E-state index in [0.29, 0.717) is 5.88 Å². The van der Waals surface area contributed by atoms with E-state index < -0.39 is 0 Å². The standard InChI is InChI=1S/C11H15BrN2O/c12-10-3-4-13-11(9-10)15-8-7-14-5-1-2-6-14/h3-4,9H,1-2,5-8H2. The maximum Gasteiger partial charge on any atom is 0.214 e. The average molecular weight is 271 g/mol. The number of hydrogen-bond donors (Lipinski definition) is 0. The number of pyridine rings is 1. The van der Waals surface area contributed by atoms with Gasteiger partial charge in [0.05, 0.1) is 0 Å². The highest BCUT2D eigenvalue weighted by molar-refractivity contribution is 9.10. The van der Waals surface area contributed by atoms with E-state index in [9.17, 15) is 0 Å². The van der Waals surface area contributed by atoms with Crippen LogP contribution in [0.3, 0.4) is 0 Å². The van der Waals surface area contributed by atoms with Gasteiger partial charge in [-0.1, -0.05) is 15.9 Å². The summed E-state index contributed by atoms with van der Waals surface area (Å²) in [6.07, 6.45) is 4.40. The number of likely N-dealkylation sites (tertiary alicyclic amines) is 1. The molecule has 0 saturated carbocycles. The zero-order valence-corrected chi connectivity index (χ0v) is 10.2. The van der Waals surface area contributed by atoms with Crippen LogP contribution in [0.25, 0.3) is 0 Å². The lowest BCUT2D eigenvalue weighted by molar-refractivity contribution is 0.232. The van der Waals surface area contributed by atoms with Crippen molar-refractivity contribution in [3.8, 4) is 5.88 Å². The molecule has 1 fully saturated rings. The summed E-state index contributed by atoms with van der Waals surface area (Å²) in [7, 11) is 0. The van der Waals surface area contributed by atoms with E-state index in [1.54, 1.807) is 6.20 Å². The van der Waals surface area contributed by atoms with E-state index in [4.69, 9.17) is 4.74 Å². The lowest BCUT2D eigenvalue weighted by atomic mass is 10.4. The van der Waals surface area contributed by atoms with Gasteiger partial charge in [-0.05, 0) is 32.0 Å². The number of aromatic nitrogens is 1. The molecule has 0 spiro atoms. The minimum atomic E-state index is 0.698. The molecule has 3 nitrogen and oxygen atoms in total. The predicted molar refractivity (Wildman–Crippen MR) is 63.1 cm³/mol. The van der Waals surface area contributed by atoms with Crippen molar-refractivity contribution >= 4 is 15.9 Å². The topological polar surface area (TPSA) is 25.4 Å². The second-order valence-corrected chi connectivity index (χ2v) is 4.63. The Labute approximate surface area is 98.6 Å². The van der Waals surface area contributed by atoms with Gasteiger partial charge in [0.1, 0.15) is 6.61 Å². The van der Waals surface area contributed by atoms with Crippen molar-refractivity contribution in [2.75, 3.05) is 26.2 Å². The fourth-order valence-electron chi connectivity index (χ4n) is 1.75. The summed E-state index contributed by atoms with van der Waals surface area (Å²) in [5.74, 6) is 0.698. The molecule has 0 N–H and O–H groups in total. The van der Waals surface area contributed by atoms with E-state index in [-0.39, 0.29) is 0 Å². The van der Waals surface area contributed by atoms with Crippen LogP contribution in [-0.4, -0.2) is 36.1 Å². The maximum atomic E-state index is 5.57. The maximum absolute atomic E-state index is 5.57. The molecule has 0 amide bonds. The van der Waals surface area contributed by atoms with Crippen LogP contribution >= 0.6 is 15.9 Å². The normalized spacial score (nSPS) is 16.9. The average Bonchev–Trinajstić information content (AvgIpc) is 2.71. The Morgan fingerprint density at radius 3 is 2.93 bits per heavy atom. The molecule has 0 atom stereocenters. The zero-order valence-electron chi connectivity index (χ0n) is 8.66. The molecular weight excluding hydrogens is 256 g/mol. The summed E-state index contributed by atoms with van der Waals surface area (Å²) in [5.41, 5.74) is 0. The highest BCUT2D eigenvalue weighted by Crippen LogP contribution is 2.14. The molecule has 1 aliphatic heterocycles. The molecule has 2 heterocycles. The van der Waals surface area contributed by atoms with Gasteiger partial charge in [0, 0.05) is 23.3 Å². The van der Waals surface area contributed by atoms with Gasteiger partial charge in [-0.15, -0.1) is 0 Å². The third-order valence-corrected chi connectivity index (χ3v) is 3.05. The van der Waals surface area contributed by atoms with Crippen molar-refractivity contribution in [1.29, 1.82) is 0 Å². The summed E-state index contributed by atoms with van der Waals surface area (Å²) < 4.78 is 6.57. The second kappa shape index (κ2) is 5.47. The van der Waals surface area contributed by atoms with Crippen molar-refractivity contribution < 1.29 is 4.74 Å². The zero-order chi connectivity index (χ0) is 10.5. The Bertz CT molecular complexity index is 313. The SMILES string of the molecule is Brc1ccnc(OCCN2CCCC2)c1. The van der Waals surface area contributed by atoms with Gasteiger partial charge in [0.2, 0.25) is 5.88 Å². The summed E-state index contributed by atoms with van der Waals surface area (Å²) in [5, 5.41) is 0. The van der Waals surface area contributed by atoms with Gasteiger partial charge in [0.25, 0.3) is 0 Å². The summed E-state index contributed by atoms with van der Waals surface area (Å²) in [6.45, 7) is 4.17. The first-order chi connectivity index (χ1) is 7.34. The summed E-state index contributed by atoms with van der Waals surface area (Å²) in [6, 6.07) is 3.79. The van der Waals surface area contributed by atoms with Gasteiger partial charge >= 0.3 is 0 Å². The second-order valence-electron chi connectivity index (χ2n) is 3.71. The largest absolute Gasteiger partial charge is 0.476 e. The van der Waals surface area contributed by atoms with Crippen LogP contribution in [0.1, 0.15) is 12.8 Å². The molecule has 2 rings (SSSR count). The first kappa shape index (κ1) is 10.9. The highest BCUT2D eigenvalue weighted by atomic mass is 79.9. The molecule has 0 aromatic carbocycles. The van der Waals surface area contributed by atoms with E-state index in [1.165, 1.54) is 25.9 Å². The van der Waals surface area contributed by atoms with Crippen LogP contribution in [0.4, 0.5) is 0 Å². The van der Waals surface area contributed by atoms with E-state index in [2.05, 4.69) is 25.8 Å². The van der Waals surface area contributed by atoms with Crippen LogP contribution in [0.5, 0.6) is 5.88 Å². The molecule has 15 heavy (non-hydrogen) atoms. The Hall–Kier alpha value is -0.610. The number of ether oxygens (including phenoxy) is 1. The smallest absolute Gasteiger partial charge is 0.214 e. The number of rotatable bonds is 4. The predicted octanol–water partition coefficient (Wildman–Crippen LogP) is 2.32. The van der Waals surface area contributed by atoms with Crippen molar-refractivity contribution in [3.63, 3.8) is 0 Å². The van der Waals surface area contributed by atoms with Gasteiger partial charge in [-0.3, -0.25) is 4.90 Å². The van der Waals surface area contributed by atoms with Crippen LogP contribution in [0.15, 0.2) is 22.8 Å². The van der Waals surface area contributed by atoms with Crippen LogP contribution in [0.2, 0.25) is 0 Å². The highest BCUT2D eigenvalue weighted by Gasteiger charge is 2.10. The van der Waals surface area contributed by atoms with Crippen molar-refractivity contribution in [2.24, 2.45) is 0 Å². The van der Waals surface area contributed by atoms with Gasteiger partial charge in [-0.25, -0.2) is 4.98 Å². The molecule has 82 valence electrons. The molecule has 0 aliphatic carbocycles. The number of hydrogen-bond acceptors (Lipinski definition) is 3. The van der Waals surface area contributed by atoms with Crippen molar-refractivity contribution in [2.45, 2.75) is 12.8 Å². The minimum Gasteiger partial charge on any atom is -0.476 e. The van der Waals surface area contributed by atoms with Crippen LogP contribution in [0, 0.1) is 0 Å². The van der Waals surface area contributed by atoms with E-state index >= 15 is 0 Å². The van der Waals surface area contributed by atoms with E-state index in [1.807, 2.05) is 12.1 Å². The quantitative estimate of drug-likeness (QED) is 0.840. The number of nitrogens with zero attached hydrogens (tertiary/aromatic N) is 2. The Kier molecular flexibility index (Phi) is 3.97. The molecule has 1 aromatic rings. The van der Waals surface area contributed by atoms with Crippen molar-refractivity contribution in [3.05, 3.63) is 22.8 Å². The Morgan fingerprint density at radius 2 is 2.20 bits per heavy atom. The third kappa shape index (κ3) is 3.47. The lowest BCUT2D eigenvalue weighted by Gasteiger charge is -2.14. The first-order valence-electron chi connectivity index (χ1n) is 5.31. The van der Waals surface area contributed by atoms with Gasteiger partial charge < -0.3 is 4.74 Å². The Morgan fingerprint density at radius 1 is 1.40 bits per heavy atom.